The van der Waals surface area contributed by atoms with Crippen molar-refractivity contribution < 1.29 is 0 Å². The highest BCUT2D eigenvalue weighted by atomic mass is 14.9. The topological polar surface area (TPSA) is 24.9 Å². The molecule has 0 aliphatic heterocycles. The van der Waals surface area contributed by atoms with Gasteiger partial charge in [-0.15, -0.1) is 0 Å². The first-order chi connectivity index (χ1) is 9.95. The number of aromatic nitrogens is 1. The Kier molecular flexibility index (Phi) is 4.79. The summed E-state index contributed by atoms with van der Waals surface area (Å²) in [5.74, 6) is 0. The lowest BCUT2D eigenvalue weighted by Crippen LogP contribution is -2.26. The van der Waals surface area contributed by atoms with E-state index in [0.29, 0.717) is 0 Å². The standard InChI is InChI=1S/C19H26N2/c1-6-21-18(16-13-20-12-11-14(16)2)15-9-7-8-10-17(15)19(3,4)5/h7-13,18,21H,6H2,1-5H3. The second-order valence-corrected chi connectivity index (χ2v) is 6.56. The molecule has 1 N–H and O–H groups in total. The van der Waals surface area contributed by atoms with Crippen molar-refractivity contribution in [1.29, 1.82) is 0 Å². The number of rotatable bonds is 4. The fourth-order valence-electron chi connectivity index (χ4n) is 2.80. The van der Waals surface area contributed by atoms with Gasteiger partial charge in [-0.2, -0.15) is 0 Å². The molecule has 112 valence electrons. The lowest BCUT2D eigenvalue weighted by atomic mass is 9.80. The van der Waals surface area contributed by atoms with E-state index in [2.05, 4.69) is 75.3 Å². The summed E-state index contributed by atoms with van der Waals surface area (Å²) in [6, 6.07) is 11.0. The van der Waals surface area contributed by atoms with Crippen molar-refractivity contribution in [1.82, 2.24) is 10.3 Å². The summed E-state index contributed by atoms with van der Waals surface area (Å²) in [6.07, 6.45) is 3.85. The van der Waals surface area contributed by atoms with Crippen molar-refractivity contribution in [3.05, 3.63) is 65.0 Å². The summed E-state index contributed by atoms with van der Waals surface area (Å²) in [5.41, 5.74) is 5.40. The molecule has 1 atom stereocenters. The molecule has 0 fully saturated rings. The van der Waals surface area contributed by atoms with Crippen LogP contribution in [-0.2, 0) is 5.41 Å². The van der Waals surface area contributed by atoms with Crippen molar-refractivity contribution in [3.63, 3.8) is 0 Å². The normalized spacial score (nSPS) is 13.2. The second kappa shape index (κ2) is 6.40. The molecule has 1 unspecified atom stereocenters. The molecular weight excluding hydrogens is 256 g/mol. The van der Waals surface area contributed by atoms with Crippen LogP contribution in [0.4, 0.5) is 0 Å². The van der Waals surface area contributed by atoms with Gasteiger partial charge in [-0.05, 0) is 47.2 Å². The monoisotopic (exact) mass is 282 g/mol. The largest absolute Gasteiger partial charge is 0.306 e. The number of nitrogens with one attached hydrogen (secondary N) is 1. The molecule has 21 heavy (non-hydrogen) atoms. The van der Waals surface area contributed by atoms with Crippen molar-refractivity contribution >= 4 is 0 Å². The number of hydrogen-bond donors (Lipinski definition) is 1. The van der Waals surface area contributed by atoms with E-state index in [1.165, 1.54) is 22.3 Å². The summed E-state index contributed by atoms with van der Waals surface area (Å²) in [7, 11) is 0. The van der Waals surface area contributed by atoms with Crippen LogP contribution in [0, 0.1) is 6.92 Å². The van der Waals surface area contributed by atoms with E-state index in [4.69, 9.17) is 0 Å². The van der Waals surface area contributed by atoms with Gasteiger partial charge < -0.3 is 5.32 Å². The summed E-state index contributed by atoms with van der Waals surface area (Å²) in [6.45, 7) is 12.0. The summed E-state index contributed by atoms with van der Waals surface area (Å²) >= 11 is 0. The van der Waals surface area contributed by atoms with E-state index in [1.54, 1.807) is 0 Å². The number of nitrogens with zero attached hydrogens (tertiary/aromatic N) is 1. The second-order valence-electron chi connectivity index (χ2n) is 6.56. The first-order valence-electron chi connectivity index (χ1n) is 7.68. The van der Waals surface area contributed by atoms with Gasteiger partial charge in [0.2, 0.25) is 0 Å². The Morgan fingerprint density at radius 2 is 1.81 bits per heavy atom. The van der Waals surface area contributed by atoms with E-state index < -0.39 is 0 Å². The Morgan fingerprint density at radius 3 is 2.43 bits per heavy atom. The van der Waals surface area contributed by atoms with Crippen LogP contribution in [0.15, 0.2) is 42.7 Å². The highest BCUT2D eigenvalue weighted by Crippen LogP contribution is 2.33. The van der Waals surface area contributed by atoms with E-state index in [0.717, 1.165) is 6.54 Å². The highest BCUT2D eigenvalue weighted by Gasteiger charge is 2.24. The zero-order chi connectivity index (χ0) is 15.5. The van der Waals surface area contributed by atoms with Crippen LogP contribution in [0.1, 0.15) is 56.0 Å². The minimum absolute atomic E-state index is 0.125. The maximum atomic E-state index is 4.33. The molecule has 2 heteroatoms. The van der Waals surface area contributed by atoms with Gasteiger partial charge in [0, 0.05) is 12.4 Å². The van der Waals surface area contributed by atoms with Gasteiger partial charge in [0.1, 0.15) is 0 Å². The number of benzene rings is 1. The molecule has 0 aliphatic rings. The van der Waals surface area contributed by atoms with Crippen LogP contribution in [0.25, 0.3) is 0 Å². The van der Waals surface area contributed by atoms with Gasteiger partial charge in [-0.25, -0.2) is 0 Å². The fourth-order valence-corrected chi connectivity index (χ4v) is 2.80. The molecule has 2 nitrogen and oxygen atoms in total. The SMILES string of the molecule is CCNC(c1cnccc1C)c1ccccc1C(C)(C)C. The molecule has 1 aromatic carbocycles. The predicted molar refractivity (Wildman–Crippen MR) is 89.6 cm³/mol. The molecule has 0 spiro atoms. The third-order valence-electron chi connectivity index (χ3n) is 3.88. The first kappa shape index (κ1) is 15.7. The van der Waals surface area contributed by atoms with Crippen LogP contribution >= 0.6 is 0 Å². The number of pyridine rings is 1. The third-order valence-corrected chi connectivity index (χ3v) is 3.88. The molecule has 1 heterocycles. The predicted octanol–water partition coefficient (Wildman–Crippen LogP) is 4.39. The van der Waals surface area contributed by atoms with E-state index in [-0.39, 0.29) is 11.5 Å². The molecule has 0 amide bonds. The van der Waals surface area contributed by atoms with Crippen LogP contribution in [-0.4, -0.2) is 11.5 Å². The van der Waals surface area contributed by atoms with Crippen molar-refractivity contribution in [3.8, 4) is 0 Å². The van der Waals surface area contributed by atoms with E-state index >= 15 is 0 Å². The quantitative estimate of drug-likeness (QED) is 0.899. The molecule has 0 radical (unpaired) electrons. The Bertz CT molecular complexity index is 597. The molecule has 2 rings (SSSR count). The molecule has 0 aliphatic carbocycles. The Morgan fingerprint density at radius 1 is 1.10 bits per heavy atom. The molecule has 1 aromatic heterocycles. The third kappa shape index (κ3) is 3.51. The Labute approximate surface area is 128 Å². The minimum Gasteiger partial charge on any atom is -0.306 e. The lowest BCUT2D eigenvalue weighted by molar-refractivity contribution is 0.555. The number of aryl methyl sites for hydroxylation is 1. The van der Waals surface area contributed by atoms with Gasteiger partial charge in [0.15, 0.2) is 0 Å². The zero-order valence-electron chi connectivity index (χ0n) is 13.8. The maximum absolute atomic E-state index is 4.33. The van der Waals surface area contributed by atoms with E-state index in [1.807, 2.05) is 12.4 Å². The van der Waals surface area contributed by atoms with Gasteiger partial charge in [-0.1, -0.05) is 52.0 Å². The summed E-state index contributed by atoms with van der Waals surface area (Å²) in [5, 5.41) is 3.63. The van der Waals surface area contributed by atoms with Crippen molar-refractivity contribution in [2.75, 3.05) is 6.54 Å². The average Bonchev–Trinajstić information content (AvgIpc) is 2.45. The fraction of sp³-hybridized carbons (Fsp3) is 0.421. The maximum Gasteiger partial charge on any atom is 0.0597 e. The smallest absolute Gasteiger partial charge is 0.0597 e. The van der Waals surface area contributed by atoms with Crippen LogP contribution < -0.4 is 5.32 Å². The summed E-state index contributed by atoms with van der Waals surface area (Å²) < 4.78 is 0. The van der Waals surface area contributed by atoms with Crippen molar-refractivity contribution in [2.45, 2.75) is 46.1 Å². The lowest BCUT2D eigenvalue weighted by Gasteiger charge is -2.29. The highest BCUT2D eigenvalue weighted by molar-refractivity contribution is 5.42. The number of hydrogen-bond acceptors (Lipinski definition) is 2. The zero-order valence-corrected chi connectivity index (χ0v) is 13.8. The molecule has 0 saturated carbocycles. The van der Waals surface area contributed by atoms with Gasteiger partial charge in [0.25, 0.3) is 0 Å². The first-order valence-corrected chi connectivity index (χ1v) is 7.68. The van der Waals surface area contributed by atoms with Crippen LogP contribution in [0.3, 0.4) is 0 Å². The molecule has 0 saturated heterocycles. The van der Waals surface area contributed by atoms with E-state index in [9.17, 15) is 0 Å². The van der Waals surface area contributed by atoms with Crippen LogP contribution in [0.5, 0.6) is 0 Å². The average molecular weight is 282 g/mol. The Balaban J connectivity index is 2.57. The molecule has 2 aromatic rings. The van der Waals surface area contributed by atoms with Gasteiger partial charge in [-0.3, -0.25) is 4.98 Å². The molecule has 0 bridgehead atoms. The van der Waals surface area contributed by atoms with Gasteiger partial charge >= 0.3 is 0 Å². The van der Waals surface area contributed by atoms with Crippen molar-refractivity contribution in [2.24, 2.45) is 0 Å². The van der Waals surface area contributed by atoms with Crippen LogP contribution in [0.2, 0.25) is 0 Å². The molecular formula is C19H26N2. The summed E-state index contributed by atoms with van der Waals surface area (Å²) in [4.78, 5) is 4.33. The minimum atomic E-state index is 0.125. The Hall–Kier alpha value is -1.67. The van der Waals surface area contributed by atoms with Gasteiger partial charge in [0.05, 0.1) is 6.04 Å².